The smallest absolute Gasteiger partial charge is 0.234 e. The van der Waals surface area contributed by atoms with E-state index in [-0.39, 0.29) is 17.6 Å². The number of hydrogen-bond acceptors (Lipinski definition) is 5. The van der Waals surface area contributed by atoms with Crippen molar-refractivity contribution in [3.8, 4) is 0 Å². The molecule has 0 spiro atoms. The lowest BCUT2D eigenvalue weighted by atomic mass is 9.89. The molecule has 90 valence electrons. The topological polar surface area (TPSA) is 65.2 Å². The number of carbonyl (C=O) groups excluding carboxylic acids is 1. The number of aromatic nitrogens is 2. The molecule has 0 aliphatic carbocycles. The molecule has 5 nitrogen and oxygen atoms in total. The number of ether oxygens (including phenoxy) is 1. The average Bonchev–Trinajstić information content (AvgIpc) is 2.61. The van der Waals surface area contributed by atoms with Gasteiger partial charge in [0.25, 0.3) is 0 Å². The summed E-state index contributed by atoms with van der Waals surface area (Å²) in [6, 6.07) is 0. The minimum absolute atomic E-state index is 0.0825. The van der Waals surface area contributed by atoms with E-state index in [0.29, 0.717) is 24.9 Å². The molecule has 0 aromatic carbocycles. The number of hydrogen-bond donors (Lipinski definition) is 0. The first-order valence-corrected chi connectivity index (χ1v) is 5.36. The predicted molar refractivity (Wildman–Crippen MR) is 57.8 cm³/mol. The molecule has 5 heteroatoms. The fourth-order valence-electron chi connectivity index (χ4n) is 1.02. The fourth-order valence-corrected chi connectivity index (χ4v) is 1.02. The zero-order chi connectivity index (χ0) is 12.2. The van der Waals surface area contributed by atoms with Gasteiger partial charge < -0.3 is 9.26 Å². The molecular weight excluding hydrogens is 208 g/mol. The van der Waals surface area contributed by atoms with Gasteiger partial charge >= 0.3 is 0 Å². The van der Waals surface area contributed by atoms with Gasteiger partial charge in [-0.2, -0.15) is 4.98 Å². The molecule has 0 aliphatic rings. The third-order valence-corrected chi connectivity index (χ3v) is 2.09. The van der Waals surface area contributed by atoms with E-state index in [9.17, 15) is 4.79 Å². The number of nitrogens with zero attached hydrogens (tertiary/aromatic N) is 2. The SMILES string of the molecule is CCOCc1noc(CC(=O)C(C)(C)C)n1. The summed E-state index contributed by atoms with van der Waals surface area (Å²) >= 11 is 0. The van der Waals surface area contributed by atoms with E-state index in [2.05, 4.69) is 10.1 Å². The summed E-state index contributed by atoms with van der Waals surface area (Å²) in [6.45, 7) is 8.42. The van der Waals surface area contributed by atoms with Crippen molar-refractivity contribution in [2.45, 2.75) is 40.7 Å². The molecule has 0 aliphatic heterocycles. The van der Waals surface area contributed by atoms with Crippen molar-refractivity contribution in [3.63, 3.8) is 0 Å². The Balaban J connectivity index is 2.55. The molecule has 1 aromatic heterocycles. The normalized spacial score (nSPS) is 11.8. The summed E-state index contributed by atoms with van der Waals surface area (Å²) in [5.74, 6) is 0.923. The Morgan fingerprint density at radius 1 is 1.44 bits per heavy atom. The minimum Gasteiger partial charge on any atom is -0.374 e. The maximum absolute atomic E-state index is 11.7. The van der Waals surface area contributed by atoms with Gasteiger partial charge in [0.1, 0.15) is 12.4 Å². The number of carbonyl (C=O) groups is 1. The second kappa shape index (κ2) is 5.21. The van der Waals surface area contributed by atoms with Gasteiger partial charge in [-0.3, -0.25) is 4.79 Å². The van der Waals surface area contributed by atoms with Crippen LogP contribution in [0.1, 0.15) is 39.4 Å². The Kier molecular flexibility index (Phi) is 4.18. The van der Waals surface area contributed by atoms with Crippen molar-refractivity contribution in [1.82, 2.24) is 10.1 Å². The Morgan fingerprint density at radius 2 is 2.12 bits per heavy atom. The van der Waals surface area contributed by atoms with Crippen LogP contribution in [0.25, 0.3) is 0 Å². The molecule has 0 fully saturated rings. The highest BCUT2D eigenvalue weighted by atomic mass is 16.5. The van der Waals surface area contributed by atoms with Gasteiger partial charge in [0.2, 0.25) is 5.89 Å². The van der Waals surface area contributed by atoms with Crippen LogP contribution in [-0.2, 0) is 22.6 Å². The lowest BCUT2D eigenvalue weighted by Crippen LogP contribution is -2.22. The van der Waals surface area contributed by atoms with E-state index >= 15 is 0 Å². The van der Waals surface area contributed by atoms with Crippen molar-refractivity contribution >= 4 is 5.78 Å². The van der Waals surface area contributed by atoms with Crippen molar-refractivity contribution < 1.29 is 14.1 Å². The molecule has 0 unspecified atom stereocenters. The number of ketones is 1. The van der Waals surface area contributed by atoms with Crippen LogP contribution in [0, 0.1) is 5.41 Å². The zero-order valence-corrected chi connectivity index (χ0v) is 10.2. The van der Waals surface area contributed by atoms with Crippen LogP contribution >= 0.6 is 0 Å². The van der Waals surface area contributed by atoms with Crippen LogP contribution in [0.3, 0.4) is 0 Å². The minimum atomic E-state index is -0.380. The highest BCUT2D eigenvalue weighted by molar-refractivity contribution is 5.84. The molecule has 0 bridgehead atoms. The molecule has 1 aromatic rings. The van der Waals surface area contributed by atoms with Crippen LogP contribution in [0.2, 0.25) is 0 Å². The molecule has 16 heavy (non-hydrogen) atoms. The van der Waals surface area contributed by atoms with E-state index in [0.717, 1.165) is 0 Å². The Bertz CT molecular complexity index is 352. The highest BCUT2D eigenvalue weighted by Crippen LogP contribution is 2.17. The first-order chi connectivity index (χ1) is 7.43. The standard InChI is InChI=1S/C11H18N2O3/c1-5-15-7-9-12-10(16-13-9)6-8(14)11(2,3)4/h5-7H2,1-4H3. The molecule has 0 saturated carbocycles. The second-order valence-corrected chi connectivity index (χ2v) is 4.59. The van der Waals surface area contributed by atoms with Gasteiger partial charge in [0.15, 0.2) is 5.82 Å². The Morgan fingerprint density at radius 3 is 2.69 bits per heavy atom. The summed E-state index contributed by atoms with van der Waals surface area (Å²) in [4.78, 5) is 15.8. The summed E-state index contributed by atoms with van der Waals surface area (Å²) in [7, 11) is 0. The van der Waals surface area contributed by atoms with E-state index in [1.807, 2.05) is 27.7 Å². The fraction of sp³-hybridized carbons (Fsp3) is 0.727. The van der Waals surface area contributed by atoms with Crippen LogP contribution in [-0.4, -0.2) is 22.5 Å². The summed E-state index contributed by atoms with van der Waals surface area (Å²) in [5.41, 5.74) is -0.380. The van der Waals surface area contributed by atoms with E-state index in [1.165, 1.54) is 0 Å². The van der Waals surface area contributed by atoms with Gasteiger partial charge in [-0.15, -0.1) is 0 Å². The number of rotatable bonds is 5. The third-order valence-electron chi connectivity index (χ3n) is 2.09. The summed E-state index contributed by atoms with van der Waals surface area (Å²) in [6.07, 6.45) is 0.183. The highest BCUT2D eigenvalue weighted by Gasteiger charge is 2.23. The maximum Gasteiger partial charge on any atom is 0.234 e. The van der Waals surface area contributed by atoms with E-state index in [1.54, 1.807) is 0 Å². The van der Waals surface area contributed by atoms with Gasteiger partial charge in [-0.05, 0) is 6.92 Å². The Labute approximate surface area is 95.2 Å². The van der Waals surface area contributed by atoms with Crippen molar-refractivity contribution in [1.29, 1.82) is 0 Å². The summed E-state index contributed by atoms with van der Waals surface area (Å²) in [5, 5.41) is 3.73. The molecule has 0 saturated heterocycles. The molecule has 1 heterocycles. The lowest BCUT2D eigenvalue weighted by Gasteiger charge is -2.14. The predicted octanol–water partition coefficient (Wildman–Crippen LogP) is 1.76. The average molecular weight is 226 g/mol. The largest absolute Gasteiger partial charge is 0.374 e. The molecular formula is C11H18N2O3. The van der Waals surface area contributed by atoms with Crippen LogP contribution in [0.4, 0.5) is 0 Å². The first kappa shape index (κ1) is 12.8. The van der Waals surface area contributed by atoms with Crippen molar-refractivity contribution in [2.75, 3.05) is 6.61 Å². The van der Waals surface area contributed by atoms with Crippen LogP contribution in [0.15, 0.2) is 4.52 Å². The van der Waals surface area contributed by atoms with Crippen LogP contribution < -0.4 is 0 Å². The lowest BCUT2D eigenvalue weighted by molar-refractivity contribution is -0.125. The summed E-state index contributed by atoms with van der Waals surface area (Å²) < 4.78 is 10.1. The van der Waals surface area contributed by atoms with Gasteiger partial charge in [-0.25, -0.2) is 0 Å². The van der Waals surface area contributed by atoms with E-state index < -0.39 is 0 Å². The Hall–Kier alpha value is -1.23. The van der Waals surface area contributed by atoms with Gasteiger partial charge in [0.05, 0.1) is 6.42 Å². The zero-order valence-electron chi connectivity index (χ0n) is 10.2. The monoisotopic (exact) mass is 226 g/mol. The first-order valence-electron chi connectivity index (χ1n) is 5.36. The quantitative estimate of drug-likeness (QED) is 0.765. The van der Waals surface area contributed by atoms with Crippen molar-refractivity contribution in [2.24, 2.45) is 5.41 Å². The molecule has 0 amide bonds. The van der Waals surface area contributed by atoms with Gasteiger partial charge in [0, 0.05) is 12.0 Å². The maximum atomic E-state index is 11.7. The van der Waals surface area contributed by atoms with Gasteiger partial charge in [-0.1, -0.05) is 25.9 Å². The van der Waals surface area contributed by atoms with Crippen LogP contribution in [0.5, 0.6) is 0 Å². The van der Waals surface area contributed by atoms with E-state index in [4.69, 9.17) is 9.26 Å². The molecule has 0 N–H and O–H groups in total. The molecule has 0 radical (unpaired) electrons. The molecule has 1 rings (SSSR count). The van der Waals surface area contributed by atoms with Crippen molar-refractivity contribution in [3.05, 3.63) is 11.7 Å². The number of Topliss-reactive ketones (excluding diaryl/α,β-unsaturated/α-hetero) is 1. The second-order valence-electron chi connectivity index (χ2n) is 4.59. The third kappa shape index (κ3) is 3.73. The molecule has 0 atom stereocenters.